The average molecular weight is 514 g/mol. The third-order valence-electron chi connectivity index (χ3n) is 5.49. The summed E-state index contributed by atoms with van der Waals surface area (Å²) < 4.78 is 0.608. The first kappa shape index (κ1) is 25.1. The van der Waals surface area contributed by atoms with Gasteiger partial charge in [-0.15, -0.1) is 0 Å². The molecule has 2 heterocycles. The zero-order valence-corrected chi connectivity index (χ0v) is 21.2. The Morgan fingerprint density at radius 1 is 1.21 bits per heavy atom. The minimum atomic E-state index is -0.223. The highest BCUT2D eigenvalue weighted by Crippen LogP contribution is 2.23. The molecule has 0 saturated carbocycles. The second kappa shape index (κ2) is 12.1. The lowest BCUT2D eigenvalue weighted by Gasteiger charge is -2.34. The smallest absolute Gasteiger partial charge is 0.269 e. The largest absolute Gasteiger partial charge is 0.301 e. The maximum absolute atomic E-state index is 13.0. The van der Waals surface area contributed by atoms with Gasteiger partial charge in [0.2, 0.25) is 5.82 Å². The van der Waals surface area contributed by atoms with Crippen molar-refractivity contribution in [3.63, 3.8) is 0 Å². The summed E-state index contributed by atoms with van der Waals surface area (Å²) in [6.45, 7) is 13.3. The van der Waals surface area contributed by atoms with E-state index in [0.717, 1.165) is 32.7 Å². The fourth-order valence-corrected chi connectivity index (χ4v) is 4.25. The van der Waals surface area contributed by atoms with Crippen molar-refractivity contribution in [3.05, 3.63) is 51.9 Å². The van der Waals surface area contributed by atoms with Gasteiger partial charge in [0.15, 0.2) is 5.82 Å². The van der Waals surface area contributed by atoms with Gasteiger partial charge in [-0.05, 0) is 52.5 Å². The second-order valence-corrected chi connectivity index (χ2v) is 9.59. The van der Waals surface area contributed by atoms with Gasteiger partial charge in [-0.1, -0.05) is 32.9 Å². The predicted octanol–water partition coefficient (Wildman–Crippen LogP) is 3.45. The van der Waals surface area contributed by atoms with E-state index in [2.05, 4.69) is 61.9 Å². The summed E-state index contributed by atoms with van der Waals surface area (Å²) in [7, 11) is 0. The monoisotopic (exact) mass is 513 g/mol. The highest BCUT2D eigenvalue weighted by Gasteiger charge is 2.19. The van der Waals surface area contributed by atoms with Crippen molar-refractivity contribution in [3.8, 4) is 6.07 Å². The number of nitrogens with one attached hydrogen (secondary N) is 1. The number of halogens is 1. The summed E-state index contributed by atoms with van der Waals surface area (Å²) in [5.41, 5.74) is 4.72. The third-order valence-corrected chi connectivity index (χ3v) is 6.05. The normalized spacial score (nSPS) is 14.8. The van der Waals surface area contributed by atoms with E-state index in [1.54, 1.807) is 5.01 Å². The molecule has 1 fully saturated rings. The van der Waals surface area contributed by atoms with Gasteiger partial charge in [0.25, 0.3) is 5.91 Å². The first-order chi connectivity index (χ1) is 15.9. The van der Waals surface area contributed by atoms with Crippen LogP contribution in [0.25, 0.3) is 0 Å². The minimum absolute atomic E-state index is 0.0519. The van der Waals surface area contributed by atoms with Crippen LogP contribution in [-0.2, 0) is 6.54 Å². The highest BCUT2D eigenvalue weighted by atomic mass is 79.9. The SMILES string of the molecule is CCCN1CCN(Cc2ccc(C(=O)NN(CC(C)C)c3nc(C#N)ncc3Br)cc2)CC1. The zero-order chi connectivity index (χ0) is 23.8. The minimum Gasteiger partial charge on any atom is -0.301 e. The van der Waals surface area contributed by atoms with E-state index in [1.807, 2.05) is 30.3 Å². The van der Waals surface area contributed by atoms with Crippen molar-refractivity contribution in [1.29, 1.82) is 5.26 Å². The van der Waals surface area contributed by atoms with Crippen LogP contribution in [-0.4, -0.2) is 64.9 Å². The maximum atomic E-state index is 13.0. The van der Waals surface area contributed by atoms with E-state index >= 15 is 0 Å². The number of anilines is 1. The van der Waals surface area contributed by atoms with E-state index in [9.17, 15) is 4.79 Å². The molecule has 1 saturated heterocycles. The number of hydrogen-bond donors (Lipinski definition) is 1. The van der Waals surface area contributed by atoms with Crippen LogP contribution in [0.4, 0.5) is 5.82 Å². The maximum Gasteiger partial charge on any atom is 0.269 e. The van der Waals surface area contributed by atoms with Gasteiger partial charge in [0.1, 0.15) is 6.07 Å². The summed E-state index contributed by atoms with van der Waals surface area (Å²) in [6.07, 6.45) is 2.73. The molecule has 1 aromatic carbocycles. The van der Waals surface area contributed by atoms with Crippen molar-refractivity contribution in [2.75, 3.05) is 44.3 Å². The van der Waals surface area contributed by atoms with Gasteiger partial charge in [0, 0.05) is 51.0 Å². The summed E-state index contributed by atoms with van der Waals surface area (Å²) in [5.74, 6) is 0.552. The molecule has 0 aliphatic carbocycles. The molecular weight excluding hydrogens is 482 g/mol. The molecule has 1 N–H and O–H groups in total. The molecule has 33 heavy (non-hydrogen) atoms. The Morgan fingerprint density at radius 3 is 2.48 bits per heavy atom. The number of benzene rings is 1. The molecule has 0 spiro atoms. The van der Waals surface area contributed by atoms with Crippen LogP contribution in [0.2, 0.25) is 0 Å². The molecule has 1 amide bonds. The van der Waals surface area contributed by atoms with Crippen LogP contribution in [0, 0.1) is 17.2 Å². The summed E-state index contributed by atoms with van der Waals surface area (Å²) >= 11 is 3.43. The molecule has 3 rings (SSSR count). The number of carbonyl (C=O) groups is 1. The van der Waals surface area contributed by atoms with Gasteiger partial charge in [-0.3, -0.25) is 20.1 Å². The van der Waals surface area contributed by atoms with Crippen molar-refractivity contribution in [2.24, 2.45) is 5.92 Å². The molecular formula is C24H32BrN7O. The molecule has 0 unspecified atom stereocenters. The van der Waals surface area contributed by atoms with Gasteiger partial charge in [-0.25, -0.2) is 4.98 Å². The Hall–Kier alpha value is -2.54. The van der Waals surface area contributed by atoms with E-state index in [0.29, 0.717) is 22.4 Å². The number of hydrazine groups is 1. The molecule has 0 atom stereocenters. The Balaban J connectivity index is 1.64. The lowest BCUT2D eigenvalue weighted by atomic mass is 10.1. The molecule has 9 heteroatoms. The van der Waals surface area contributed by atoms with Crippen LogP contribution in [0.1, 0.15) is 48.9 Å². The first-order valence-electron chi connectivity index (χ1n) is 11.4. The van der Waals surface area contributed by atoms with Crippen molar-refractivity contribution < 1.29 is 4.79 Å². The van der Waals surface area contributed by atoms with Gasteiger partial charge in [-0.2, -0.15) is 10.2 Å². The van der Waals surface area contributed by atoms with Crippen LogP contribution < -0.4 is 10.4 Å². The molecule has 1 aliphatic rings. The fraction of sp³-hybridized carbons (Fsp3) is 0.500. The lowest BCUT2D eigenvalue weighted by molar-refractivity contribution is 0.0947. The Labute approximate surface area is 204 Å². The van der Waals surface area contributed by atoms with Crippen LogP contribution in [0.5, 0.6) is 0 Å². The van der Waals surface area contributed by atoms with Crippen molar-refractivity contribution in [1.82, 2.24) is 25.2 Å². The zero-order valence-electron chi connectivity index (χ0n) is 19.6. The molecule has 0 bridgehead atoms. The number of amides is 1. The summed E-state index contributed by atoms with van der Waals surface area (Å²) in [6, 6.07) is 9.72. The summed E-state index contributed by atoms with van der Waals surface area (Å²) in [4.78, 5) is 26.2. The second-order valence-electron chi connectivity index (χ2n) is 8.74. The fourth-order valence-electron chi connectivity index (χ4n) is 3.85. The van der Waals surface area contributed by atoms with Crippen LogP contribution >= 0.6 is 15.9 Å². The molecule has 1 aromatic heterocycles. The van der Waals surface area contributed by atoms with E-state index in [1.165, 1.54) is 24.7 Å². The first-order valence-corrected chi connectivity index (χ1v) is 12.2. The molecule has 8 nitrogen and oxygen atoms in total. The Kier molecular flexibility index (Phi) is 9.18. The van der Waals surface area contributed by atoms with Gasteiger partial charge < -0.3 is 4.90 Å². The summed E-state index contributed by atoms with van der Waals surface area (Å²) in [5, 5.41) is 10.8. The number of nitrogens with zero attached hydrogens (tertiary/aromatic N) is 6. The number of rotatable bonds is 9. The number of aromatic nitrogens is 2. The lowest BCUT2D eigenvalue weighted by Crippen LogP contribution is -2.46. The van der Waals surface area contributed by atoms with Gasteiger partial charge in [0.05, 0.1) is 4.47 Å². The topological polar surface area (TPSA) is 88.4 Å². The quantitative estimate of drug-likeness (QED) is 0.513. The van der Waals surface area contributed by atoms with E-state index in [-0.39, 0.29) is 17.6 Å². The van der Waals surface area contributed by atoms with Gasteiger partial charge >= 0.3 is 0 Å². The third kappa shape index (κ3) is 7.22. The molecule has 2 aromatic rings. The van der Waals surface area contributed by atoms with Crippen molar-refractivity contribution in [2.45, 2.75) is 33.7 Å². The number of carbonyl (C=O) groups excluding carboxylic acids is 1. The Bertz CT molecular complexity index is 966. The molecule has 0 radical (unpaired) electrons. The molecule has 1 aliphatic heterocycles. The Morgan fingerprint density at radius 2 is 1.88 bits per heavy atom. The van der Waals surface area contributed by atoms with E-state index < -0.39 is 0 Å². The number of hydrogen-bond acceptors (Lipinski definition) is 7. The highest BCUT2D eigenvalue weighted by molar-refractivity contribution is 9.10. The number of piperazine rings is 1. The van der Waals surface area contributed by atoms with E-state index in [4.69, 9.17) is 5.26 Å². The standard InChI is InChI=1S/C24H32BrN7O/c1-4-9-30-10-12-31(13-11-30)17-19-5-7-20(8-6-19)24(33)29-32(16-18(2)3)23-21(25)15-27-22(14-26)28-23/h5-8,15,18H,4,9-13,16-17H2,1-3H3,(H,29,33). The molecule has 176 valence electrons. The number of nitriles is 1. The van der Waals surface area contributed by atoms with Crippen LogP contribution in [0.15, 0.2) is 34.9 Å². The predicted molar refractivity (Wildman–Crippen MR) is 133 cm³/mol. The van der Waals surface area contributed by atoms with Crippen molar-refractivity contribution >= 4 is 27.7 Å². The average Bonchev–Trinajstić information content (AvgIpc) is 2.80. The van der Waals surface area contributed by atoms with Crippen LogP contribution in [0.3, 0.4) is 0 Å².